The van der Waals surface area contributed by atoms with E-state index < -0.39 is 17.7 Å². The van der Waals surface area contributed by atoms with Gasteiger partial charge in [0.25, 0.3) is 5.91 Å². The lowest BCUT2D eigenvalue weighted by Crippen LogP contribution is -2.43. The number of nitrogens with one attached hydrogen (secondary N) is 1. The molecule has 0 spiro atoms. The number of urea groups is 1. The van der Waals surface area contributed by atoms with Gasteiger partial charge in [0.1, 0.15) is 5.54 Å². The molecule has 0 unspecified atom stereocenters. The summed E-state index contributed by atoms with van der Waals surface area (Å²) in [6.07, 6.45) is -0.724. The number of amides is 3. The number of hydrogen-bond donors (Lipinski definition) is 2. The van der Waals surface area contributed by atoms with E-state index in [2.05, 4.69) is 5.32 Å². The third-order valence-corrected chi connectivity index (χ3v) is 2.41. The zero-order chi connectivity index (χ0) is 12.5. The van der Waals surface area contributed by atoms with Crippen LogP contribution in [0.25, 0.3) is 0 Å². The zero-order valence-corrected chi connectivity index (χ0v) is 10.1. The first-order valence-electron chi connectivity index (χ1n) is 5.21. The van der Waals surface area contributed by atoms with Crippen LogP contribution in [0.2, 0.25) is 0 Å². The summed E-state index contributed by atoms with van der Waals surface area (Å²) in [6.45, 7) is 3.74. The van der Waals surface area contributed by atoms with Crippen molar-refractivity contribution in [2.45, 2.75) is 25.5 Å². The first-order valence-corrected chi connectivity index (χ1v) is 5.21. The summed E-state index contributed by atoms with van der Waals surface area (Å²) in [6, 6.07) is -0.437. The summed E-state index contributed by atoms with van der Waals surface area (Å²) in [5.41, 5.74) is -0.866. The van der Waals surface area contributed by atoms with Crippen LogP contribution in [0, 0.1) is 0 Å². The molecule has 0 aromatic carbocycles. The fourth-order valence-corrected chi connectivity index (χ4v) is 1.67. The maximum Gasteiger partial charge on any atom is 0.325 e. The normalized spacial score (nSPS) is 21.5. The number of carbonyl (C=O) groups excluding carboxylic acids is 2. The molecule has 6 heteroatoms. The van der Waals surface area contributed by atoms with Crippen LogP contribution in [-0.2, 0) is 4.79 Å². The molecule has 16 heavy (non-hydrogen) atoms. The number of aliphatic hydroxyl groups excluding tert-OH is 1. The Hall–Kier alpha value is -1.14. The first kappa shape index (κ1) is 12.9. The third-order valence-electron chi connectivity index (χ3n) is 2.41. The molecule has 1 aliphatic rings. The van der Waals surface area contributed by atoms with Gasteiger partial charge in [0.2, 0.25) is 0 Å². The van der Waals surface area contributed by atoms with Crippen molar-refractivity contribution >= 4 is 11.9 Å². The highest BCUT2D eigenvalue weighted by Gasteiger charge is 2.44. The molecule has 0 bridgehead atoms. The highest BCUT2D eigenvalue weighted by atomic mass is 16.3. The summed E-state index contributed by atoms with van der Waals surface area (Å²) < 4.78 is 0. The highest BCUT2D eigenvalue weighted by Crippen LogP contribution is 2.16. The second-order valence-corrected chi connectivity index (χ2v) is 4.89. The van der Waals surface area contributed by atoms with Gasteiger partial charge in [-0.3, -0.25) is 9.69 Å². The van der Waals surface area contributed by atoms with Gasteiger partial charge in [-0.25, -0.2) is 4.79 Å². The molecule has 1 atom stereocenters. The van der Waals surface area contributed by atoms with Gasteiger partial charge in [-0.05, 0) is 27.9 Å². The summed E-state index contributed by atoms with van der Waals surface area (Å²) in [4.78, 5) is 26.1. The monoisotopic (exact) mass is 229 g/mol. The molecule has 0 radical (unpaired) electrons. The standard InChI is InChI=1S/C10H19N3O3/c1-10(2)8(15)13(9(16)11-10)6-7(14)5-12(3)4/h7,14H,5-6H2,1-4H3,(H,11,16)/t7-/m1/s1. The van der Waals surface area contributed by atoms with Crippen LogP contribution >= 0.6 is 0 Å². The van der Waals surface area contributed by atoms with Gasteiger partial charge in [0.15, 0.2) is 0 Å². The van der Waals surface area contributed by atoms with Crippen molar-refractivity contribution in [3.8, 4) is 0 Å². The Labute approximate surface area is 95.2 Å². The van der Waals surface area contributed by atoms with E-state index in [1.165, 1.54) is 0 Å². The van der Waals surface area contributed by atoms with E-state index in [1.54, 1.807) is 18.7 Å². The first-order chi connectivity index (χ1) is 7.24. The van der Waals surface area contributed by atoms with E-state index >= 15 is 0 Å². The summed E-state index contributed by atoms with van der Waals surface area (Å²) in [5.74, 6) is -0.296. The summed E-state index contributed by atoms with van der Waals surface area (Å²) in [7, 11) is 3.64. The predicted molar refractivity (Wildman–Crippen MR) is 58.9 cm³/mol. The fraction of sp³-hybridized carbons (Fsp3) is 0.800. The molecule has 0 aromatic heterocycles. The van der Waals surface area contributed by atoms with Gasteiger partial charge >= 0.3 is 6.03 Å². The molecule has 0 aliphatic carbocycles. The topological polar surface area (TPSA) is 72.9 Å². The second-order valence-electron chi connectivity index (χ2n) is 4.89. The van der Waals surface area contributed by atoms with Crippen molar-refractivity contribution in [3.63, 3.8) is 0 Å². The third kappa shape index (κ3) is 2.70. The highest BCUT2D eigenvalue weighted by molar-refractivity contribution is 6.06. The molecular formula is C10H19N3O3. The Bertz CT molecular complexity index is 302. The Morgan fingerprint density at radius 3 is 2.38 bits per heavy atom. The number of rotatable bonds is 4. The van der Waals surface area contributed by atoms with Gasteiger partial charge in [0.05, 0.1) is 12.6 Å². The lowest BCUT2D eigenvalue weighted by Gasteiger charge is -2.21. The van der Waals surface area contributed by atoms with Crippen LogP contribution in [0.4, 0.5) is 4.79 Å². The number of nitrogens with zero attached hydrogens (tertiary/aromatic N) is 2. The number of likely N-dealkylation sites (N-methyl/N-ethyl adjacent to an activating group) is 1. The molecule has 1 aliphatic heterocycles. The lowest BCUT2D eigenvalue weighted by atomic mass is 10.1. The van der Waals surface area contributed by atoms with Crippen LogP contribution in [-0.4, -0.2) is 65.7 Å². The number of β-amino-alcohol motifs (C(OH)–C–C–N with tert-alkyl or cyclic N) is 1. The van der Waals surface area contributed by atoms with Crippen molar-refractivity contribution in [2.75, 3.05) is 27.2 Å². The smallest absolute Gasteiger partial charge is 0.325 e. The Kier molecular flexibility index (Phi) is 3.54. The van der Waals surface area contributed by atoms with E-state index in [1.807, 2.05) is 14.1 Å². The van der Waals surface area contributed by atoms with Crippen molar-refractivity contribution in [3.05, 3.63) is 0 Å². The predicted octanol–water partition coefficient (Wildman–Crippen LogP) is -0.761. The minimum absolute atomic E-state index is 0.0340. The van der Waals surface area contributed by atoms with Crippen LogP contribution in [0.5, 0.6) is 0 Å². The maximum absolute atomic E-state index is 11.8. The quantitative estimate of drug-likeness (QED) is 0.621. The minimum Gasteiger partial charge on any atom is -0.390 e. The molecule has 1 fully saturated rings. The van der Waals surface area contributed by atoms with Crippen LogP contribution in [0.3, 0.4) is 0 Å². The average Bonchev–Trinajstić information content (AvgIpc) is 2.26. The van der Waals surface area contributed by atoms with Crippen molar-refractivity contribution in [1.29, 1.82) is 0 Å². The number of aliphatic hydroxyl groups is 1. The van der Waals surface area contributed by atoms with Crippen molar-refractivity contribution in [1.82, 2.24) is 15.1 Å². The molecular weight excluding hydrogens is 210 g/mol. The number of imide groups is 1. The Morgan fingerprint density at radius 2 is 2.00 bits per heavy atom. The van der Waals surface area contributed by atoms with Crippen molar-refractivity contribution in [2.24, 2.45) is 0 Å². The van der Waals surface area contributed by atoms with Crippen LogP contribution < -0.4 is 5.32 Å². The SMILES string of the molecule is CN(C)C[C@@H](O)CN1C(=O)NC(C)(C)C1=O. The molecule has 3 amide bonds. The number of hydrogen-bond acceptors (Lipinski definition) is 4. The molecule has 2 N–H and O–H groups in total. The van der Waals surface area contributed by atoms with Gasteiger partial charge in [0, 0.05) is 6.54 Å². The molecule has 1 rings (SSSR count). The Balaban J connectivity index is 2.61. The fourth-order valence-electron chi connectivity index (χ4n) is 1.67. The van der Waals surface area contributed by atoms with Crippen LogP contribution in [0.15, 0.2) is 0 Å². The molecule has 6 nitrogen and oxygen atoms in total. The van der Waals surface area contributed by atoms with E-state index in [4.69, 9.17) is 0 Å². The van der Waals surface area contributed by atoms with Crippen molar-refractivity contribution < 1.29 is 14.7 Å². The average molecular weight is 229 g/mol. The largest absolute Gasteiger partial charge is 0.390 e. The number of carbonyl (C=O) groups is 2. The van der Waals surface area contributed by atoms with E-state index in [0.29, 0.717) is 6.54 Å². The molecule has 0 aromatic rings. The zero-order valence-electron chi connectivity index (χ0n) is 10.1. The van der Waals surface area contributed by atoms with Gasteiger partial charge in [-0.2, -0.15) is 0 Å². The van der Waals surface area contributed by atoms with E-state index in [0.717, 1.165) is 4.90 Å². The second kappa shape index (κ2) is 4.39. The van der Waals surface area contributed by atoms with E-state index in [9.17, 15) is 14.7 Å². The Morgan fingerprint density at radius 1 is 1.44 bits per heavy atom. The van der Waals surface area contributed by atoms with Gasteiger partial charge in [-0.15, -0.1) is 0 Å². The molecule has 1 heterocycles. The summed E-state index contributed by atoms with van der Waals surface area (Å²) in [5, 5.41) is 12.2. The molecule has 1 saturated heterocycles. The molecule has 0 saturated carbocycles. The summed E-state index contributed by atoms with van der Waals surface area (Å²) >= 11 is 0. The van der Waals surface area contributed by atoms with Gasteiger partial charge < -0.3 is 15.3 Å². The van der Waals surface area contributed by atoms with Crippen LogP contribution in [0.1, 0.15) is 13.8 Å². The minimum atomic E-state index is -0.866. The molecule has 92 valence electrons. The van der Waals surface area contributed by atoms with E-state index in [-0.39, 0.29) is 12.5 Å². The lowest BCUT2D eigenvalue weighted by molar-refractivity contribution is -0.131. The van der Waals surface area contributed by atoms with Gasteiger partial charge in [-0.1, -0.05) is 0 Å². The maximum atomic E-state index is 11.8.